The van der Waals surface area contributed by atoms with Crippen LogP contribution in [0.5, 0.6) is 5.75 Å². The van der Waals surface area contributed by atoms with E-state index in [0.29, 0.717) is 0 Å². The molecule has 5 rings (SSSR count). The first kappa shape index (κ1) is 16.5. The highest BCUT2D eigenvalue weighted by atomic mass is 35.5. The van der Waals surface area contributed by atoms with Gasteiger partial charge in [0.2, 0.25) is 5.16 Å². The molecule has 1 aliphatic rings. The first-order valence-corrected chi connectivity index (χ1v) is 9.70. The minimum absolute atomic E-state index is 0.0235. The van der Waals surface area contributed by atoms with Gasteiger partial charge < -0.3 is 10.2 Å². The predicted molar refractivity (Wildman–Crippen MR) is 109 cm³/mol. The van der Waals surface area contributed by atoms with Crippen molar-refractivity contribution in [3.05, 3.63) is 71.2 Å². The van der Waals surface area contributed by atoms with Crippen molar-refractivity contribution in [2.75, 3.05) is 12.5 Å². The van der Waals surface area contributed by atoms with Gasteiger partial charge in [0.25, 0.3) is 0 Å². The average Bonchev–Trinajstić information content (AvgIpc) is 3.28. The highest BCUT2D eigenvalue weighted by molar-refractivity contribution is 7.99. The molecule has 0 radical (unpaired) electrons. The van der Waals surface area contributed by atoms with Crippen molar-refractivity contribution < 1.29 is 4.74 Å². The van der Waals surface area contributed by atoms with Crippen LogP contribution in [-0.2, 0) is 0 Å². The molecular formula is C20H15ClN4OS. The summed E-state index contributed by atoms with van der Waals surface area (Å²) in [6.07, 6.45) is 0. The number of halogens is 1. The van der Waals surface area contributed by atoms with Crippen molar-refractivity contribution in [3.8, 4) is 17.1 Å². The number of ether oxygens (including phenoxy) is 1. The Morgan fingerprint density at radius 1 is 1.04 bits per heavy atom. The topological polar surface area (TPSA) is 52.0 Å². The zero-order chi connectivity index (χ0) is 18.4. The maximum absolute atomic E-state index is 6.57. The van der Waals surface area contributed by atoms with E-state index in [1.807, 2.05) is 47.1 Å². The summed E-state index contributed by atoms with van der Waals surface area (Å²) in [5.74, 6) is 1.57. The molecule has 1 aromatic heterocycles. The van der Waals surface area contributed by atoms with Gasteiger partial charge >= 0.3 is 0 Å². The molecule has 1 N–H and O–H groups in total. The Kier molecular flexibility index (Phi) is 3.95. The molecule has 0 bridgehead atoms. The average molecular weight is 395 g/mol. The molecule has 1 unspecified atom stereocenters. The normalized spacial score (nSPS) is 15.6. The van der Waals surface area contributed by atoms with Crippen molar-refractivity contribution in [1.29, 1.82) is 0 Å². The number of benzene rings is 3. The van der Waals surface area contributed by atoms with Crippen LogP contribution in [0.1, 0.15) is 10.9 Å². The summed E-state index contributed by atoms with van der Waals surface area (Å²) in [6, 6.07) is 20.1. The molecule has 4 aromatic rings. The predicted octanol–water partition coefficient (Wildman–Crippen LogP) is 5.11. The van der Waals surface area contributed by atoms with Crippen LogP contribution < -0.4 is 10.2 Å². The molecule has 134 valence electrons. The van der Waals surface area contributed by atoms with Crippen LogP contribution >= 0.6 is 23.4 Å². The van der Waals surface area contributed by atoms with Crippen molar-refractivity contribution in [3.63, 3.8) is 0 Å². The zero-order valence-electron chi connectivity index (χ0n) is 14.4. The third-order valence-electron chi connectivity index (χ3n) is 4.60. The van der Waals surface area contributed by atoms with Gasteiger partial charge in [0, 0.05) is 16.1 Å². The molecule has 0 saturated heterocycles. The van der Waals surface area contributed by atoms with Gasteiger partial charge in [-0.25, -0.2) is 4.68 Å². The second-order valence-electron chi connectivity index (χ2n) is 6.22. The minimum atomic E-state index is -0.0235. The maximum atomic E-state index is 6.57. The molecule has 0 spiro atoms. The number of methoxy groups -OCH3 is 1. The summed E-state index contributed by atoms with van der Waals surface area (Å²) < 4.78 is 7.14. The van der Waals surface area contributed by atoms with Gasteiger partial charge in [-0.3, -0.25) is 0 Å². The summed E-state index contributed by atoms with van der Waals surface area (Å²) in [5.41, 5.74) is 5.47. The Hall–Kier alpha value is -2.70. The standard InChI is InChI=1S/C20H15ClN4OS/c1-26-15-8-6-12(7-9-15)18-22-23-20-25(18)24-19(27-20)16-10-13-4-2-3-5-14(13)11-17(16)21/h2-11,19,24H,1H3. The summed E-state index contributed by atoms with van der Waals surface area (Å²) in [7, 11) is 1.65. The van der Waals surface area contributed by atoms with Gasteiger partial charge in [0.1, 0.15) is 11.1 Å². The summed E-state index contributed by atoms with van der Waals surface area (Å²) in [5, 5.41) is 12.5. The van der Waals surface area contributed by atoms with E-state index < -0.39 is 0 Å². The van der Waals surface area contributed by atoms with E-state index in [1.54, 1.807) is 18.9 Å². The monoisotopic (exact) mass is 394 g/mol. The molecule has 1 aliphatic heterocycles. The molecule has 27 heavy (non-hydrogen) atoms. The fourth-order valence-corrected chi connectivity index (χ4v) is 4.57. The van der Waals surface area contributed by atoms with E-state index in [0.717, 1.165) is 43.7 Å². The summed E-state index contributed by atoms with van der Waals surface area (Å²) in [6.45, 7) is 0. The van der Waals surface area contributed by atoms with E-state index in [-0.39, 0.29) is 5.37 Å². The molecule has 7 heteroatoms. The highest BCUT2D eigenvalue weighted by Gasteiger charge is 2.29. The fraction of sp³-hybridized carbons (Fsp3) is 0.100. The zero-order valence-corrected chi connectivity index (χ0v) is 16.0. The van der Waals surface area contributed by atoms with Crippen LogP contribution in [0.3, 0.4) is 0 Å². The number of hydrogen-bond acceptors (Lipinski definition) is 5. The van der Waals surface area contributed by atoms with Gasteiger partial charge in [0.05, 0.1) is 7.11 Å². The number of hydrogen-bond donors (Lipinski definition) is 1. The van der Waals surface area contributed by atoms with Crippen LogP contribution in [0.2, 0.25) is 5.02 Å². The molecule has 5 nitrogen and oxygen atoms in total. The Labute approximate surface area is 165 Å². The summed E-state index contributed by atoms with van der Waals surface area (Å²) in [4.78, 5) is 0. The second-order valence-corrected chi connectivity index (χ2v) is 7.70. The number of nitrogens with zero attached hydrogens (tertiary/aromatic N) is 3. The third kappa shape index (κ3) is 2.81. The Morgan fingerprint density at radius 2 is 1.78 bits per heavy atom. The van der Waals surface area contributed by atoms with E-state index in [4.69, 9.17) is 16.3 Å². The first-order valence-electron chi connectivity index (χ1n) is 8.44. The number of nitrogens with one attached hydrogen (secondary N) is 1. The minimum Gasteiger partial charge on any atom is -0.497 e. The fourth-order valence-electron chi connectivity index (χ4n) is 3.20. The van der Waals surface area contributed by atoms with Gasteiger partial charge in [-0.1, -0.05) is 47.6 Å². The van der Waals surface area contributed by atoms with Crippen LogP contribution in [0.15, 0.2) is 65.8 Å². The van der Waals surface area contributed by atoms with E-state index >= 15 is 0 Å². The maximum Gasteiger partial charge on any atom is 0.212 e. The lowest BCUT2D eigenvalue weighted by atomic mass is 10.1. The van der Waals surface area contributed by atoms with Gasteiger partial charge in [-0.2, -0.15) is 0 Å². The van der Waals surface area contributed by atoms with E-state index in [2.05, 4.69) is 33.8 Å². The second kappa shape index (κ2) is 6.48. The number of rotatable bonds is 3. The van der Waals surface area contributed by atoms with Crippen molar-refractivity contribution in [2.45, 2.75) is 10.5 Å². The van der Waals surface area contributed by atoms with Crippen molar-refractivity contribution in [1.82, 2.24) is 14.9 Å². The van der Waals surface area contributed by atoms with Crippen molar-refractivity contribution in [2.24, 2.45) is 0 Å². The summed E-state index contributed by atoms with van der Waals surface area (Å²) >= 11 is 8.18. The highest BCUT2D eigenvalue weighted by Crippen LogP contribution is 2.43. The lowest BCUT2D eigenvalue weighted by Crippen LogP contribution is -2.14. The Balaban J connectivity index is 1.49. The van der Waals surface area contributed by atoms with Gasteiger partial charge in [-0.15, -0.1) is 10.2 Å². The van der Waals surface area contributed by atoms with Crippen LogP contribution in [0.4, 0.5) is 0 Å². The molecule has 0 aliphatic carbocycles. The number of aromatic nitrogens is 3. The van der Waals surface area contributed by atoms with Crippen molar-refractivity contribution >= 4 is 34.1 Å². The largest absolute Gasteiger partial charge is 0.497 e. The molecule has 1 atom stereocenters. The lowest BCUT2D eigenvalue weighted by Gasteiger charge is -2.15. The van der Waals surface area contributed by atoms with E-state index in [9.17, 15) is 0 Å². The molecular weight excluding hydrogens is 380 g/mol. The van der Waals surface area contributed by atoms with Crippen LogP contribution in [0, 0.1) is 0 Å². The molecule has 0 saturated carbocycles. The number of fused-ring (bicyclic) bond motifs is 2. The SMILES string of the molecule is COc1ccc(-c2nnc3n2NC(c2cc4ccccc4cc2Cl)S3)cc1. The molecule has 3 aromatic carbocycles. The molecule has 2 heterocycles. The molecule has 0 amide bonds. The van der Waals surface area contributed by atoms with Gasteiger partial charge in [-0.05, 0) is 47.2 Å². The van der Waals surface area contributed by atoms with Gasteiger partial charge in [0.15, 0.2) is 5.82 Å². The van der Waals surface area contributed by atoms with Crippen LogP contribution in [-0.4, -0.2) is 22.0 Å². The quantitative estimate of drug-likeness (QED) is 0.523. The lowest BCUT2D eigenvalue weighted by molar-refractivity contribution is 0.415. The number of thioether (sulfide) groups is 1. The Morgan fingerprint density at radius 3 is 2.52 bits per heavy atom. The molecule has 0 fully saturated rings. The van der Waals surface area contributed by atoms with Crippen LogP contribution in [0.25, 0.3) is 22.2 Å². The van der Waals surface area contributed by atoms with E-state index in [1.165, 1.54) is 0 Å². The smallest absolute Gasteiger partial charge is 0.212 e. The Bertz CT molecular complexity index is 1140. The third-order valence-corrected chi connectivity index (χ3v) is 6.00. The first-order chi connectivity index (χ1) is 13.2.